The van der Waals surface area contributed by atoms with Gasteiger partial charge in [0.05, 0.1) is 12.6 Å². The third kappa shape index (κ3) is 3.04. The second kappa shape index (κ2) is 4.96. The van der Waals surface area contributed by atoms with Crippen LogP contribution in [0.25, 0.3) is 0 Å². The molecule has 0 saturated carbocycles. The zero-order chi connectivity index (χ0) is 12.3. The van der Waals surface area contributed by atoms with Crippen LogP contribution in [0.1, 0.15) is 18.6 Å². The highest BCUT2D eigenvalue weighted by Gasteiger charge is 2.18. The van der Waals surface area contributed by atoms with E-state index in [-0.39, 0.29) is 17.8 Å². The zero-order valence-electron chi connectivity index (χ0n) is 9.14. The van der Waals surface area contributed by atoms with Crippen molar-refractivity contribution in [3.8, 4) is 0 Å². The highest BCUT2D eigenvalue weighted by molar-refractivity contribution is 5.76. The minimum absolute atomic E-state index is 0.0664. The van der Waals surface area contributed by atoms with E-state index in [9.17, 15) is 14.9 Å². The van der Waals surface area contributed by atoms with Crippen molar-refractivity contribution in [2.45, 2.75) is 25.4 Å². The van der Waals surface area contributed by atoms with Gasteiger partial charge in [0.15, 0.2) is 0 Å². The summed E-state index contributed by atoms with van der Waals surface area (Å²) in [7, 11) is 0. The van der Waals surface area contributed by atoms with Gasteiger partial charge in [-0.1, -0.05) is 0 Å². The molecule has 2 rings (SSSR count). The number of carbonyl (C=O) groups excluding carboxylic acids is 1. The fourth-order valence-corrected chi connectivity index (χ4v) is 1.71. The predicted octanol–water partition coefficient (Wildman–Crippen LogP) is 0.556. The van der Waals surface area contributed by atoms with Crippen molar-refractivity contribution in [2.24, 2.45) is 0 Å². The summed E-state index contributed by atoms with van der Waals surface area (Å²) < 4.78 is 5.01. The van der Waals surface area contributed by atoms with Gasteiger partial charge >= 0.3 is 5.88 Å². The molecule has 1 fully saturated rings. The van der Waals surface area contributed by atoms with Gasteiger partial charge in [-0.15, -0.1) is 0 Å². The largest absolute Gasteiger partial charge is 0.433 e. The lowest BCUT2D eigenvalue weighted by Gasteiger charge is -2.22. The molecule has 2 heterocycles. The second-order valence-electron chi connectivity index (χ2n) is 3.92. The summed E-state index contributed by atoms with van der Waals surface area (Å²) >= 11 is 0. The first-order chi connectivity index (χ1) is 8.15. The third-order valence-corrected chi connectivity index (χ3v) is 2.66. The Hall–Kier alpha value is -1.89. The van der Waals surface area contributed by atoms with Gasteiger partial charge in [-0.05, 0) is 12.5 Å². The third-order valence-electron chi connectivity index (χ3n) is 2.66. The summed E-state index contributed by atoms with van der Waals surface area (Å²) in [5.74, 6) is 0.337. The summed E-state index contributed by atoms with van der Waals surface area (Å²) in [4.78, 5) is 20.8. The summed E-state index contributed by atoms with van der Waals surface area (Å²) in [5.41, 5.74) is 0. The highest BCUT2D eigenvalue weighted by Crippen LogP contribution is 2.15. The van der Waals surface area contributed by atoms with Gasteiger partial charge in [0.1, 0.15) is 10.7 Å². The van der Waals surface area contributed by atoms with Crippen molar-refractivity contribution in [2.75, 3.05) is 6.54 Å². The van der Waals surface area contributed by atoms with Crippen LogP contribution >= 0.6 is 0 Å². The molecule has 1 amide bonds. The van der Waals surface area contributed by atoms with Gasteiger partial charge in [-0.25, -0.2) is 0 Å². The second-order valence-corrected chi connectivity index (χ2v) is 3.92. The smallest absolute Gasteiger partial charge is 0.404 e. The standard InChI is InChI=1S/C10H13N3O4/c14-9-3-1-7(5-12-9)11-6-8-2-4-10(17-8)13(15)16/h2,4,7,11H,1,3,5-6H2,(H,12,14). The van der Waals surface area contributed by atoms with Crippen molar-refractivity contribution in [1.29, 1.82) is 0 Å². The number of rotatable bonds is 4. The monoisotopic (exact) mass is 239 g/mol. The van der Waals surface area contributed by atoms with Crippen LogP contribution in [0.5, 0.6) is 0 Å². The Labute approximate surface area is 97.3 Å². The van der Waals surface area contributed by atoms with Crippen molar-refractivity contribution in [1.82, 2.24) is 10.6 Å². The average molecular weight is 239 g/mol. The van der Waals surface area contributed by atoms with E-state index in [1.807, 2.05) is 0 Å². The number of nitrogens with zero attached hydrogens (tertiary/aromatic N) is 1. The maximum absolute atomic E-state index is 10.9. The van der Waals surface area contributed by atoms with Gasteiger partial charge < -0.3 is 15.1 Å². The molecule has 1 unspecified atom stereocenters. The van der Waals surface area contributed by atoms with E-state index in [2.05, 4.69) is 10.6 Å². The molecule has 1 aliphatic heterocycles. The number of amides is 1. The molecule has 0 aromatic carbocycles. The van der Waals surface area contributed by atoms with Gasteiger partial charge in [-0.2, -0.15) is 0 Å². The van der Waals surface area contributed by atoms with Crippen LogP contribution in [-0.2, 0) is 11.3 Å². The molecule has 1 aromatic heterocycles. The Bertz CT molecular complexity index is 419. The molecule has 7 nitrogen and oxygen atoms in total. The molecule has 92 valence electrons. The van der Waals surface area contributed by atoms with Gasteiger partial charge in [0, 0.05) is 19.0 Å². The fourth-order valence-electron chi connectivity index (χ4n) is 1.71. The van der Waals surface area contributed by atoms with E-state index in [1.165, 1.54) is 6.07 Å². The maximum atomic E-state index is 10.9. The molecule has 7 heteroatoms. The maximum Gasteiger partial charge on any atom is 0.433 e. The van der Waals surface area contributed by atoms with Crippen LogP contribution in [0.3, 0.4) is 0 Å². The number of piperidine rings is 1. The first kappa shape index (κ1) is 11.6. The lowest BCUT2D eigenvalue weighted by Crippen LogP contribution is -2.45. The topological polar surface area (TPSA) is 97.4 Å². The Kier molecular flexibility index (Phi) is 3.38. The quantitative estimate of drug-likeness (QED) is 0.591. The van der Waals surface area contributed by atoms with E-state index in [0.29, 0.717) is 25.3 Å². The lowest BCUT2D eigenvalue weighted by atomic mass is 10.1. The van der Waals surface area contributed by atoms with Crippen LogP contribution in [-0.4, -0.2) is 23.4 Å². The molecule has 1 atom stereocenters. The van der Waals surface area contributed by atoms with Crippen LogP contribution in [0.4, 0.5) is 5.88 Å². The first-order valence-electron chi connectivity index (χ1n) is 5.38. The van der Waals surface area contributed by atoms with E-state index in [1.54, 1.807) is 6.07 Å². The Balaban J connectivity index is 1.81. The molecule has 1 saturated heterocycles. The molecule has 0 spiro atoms. The molecule has 0 aliphatic carbocycles. The predicted molar refractivity (Wildman–Crippen MR) is 58.2 cm³/mol. The molecule has 17 heavy (non-hydrogen) atoms. The number of carbonyl (C=O) groups is 1. The molecule has 1 aromatic rings. The number of nitrogens with one attached hydrogen (secondary N) is 2. The zero-order valence-corrected chi connectivity index (χ0v) is 9.14. The summed E-state index contributed by atoms with van der Waals surface area (Å²) in [5, 5.41) is 16.3. The van der Waals surface area contributed by atoms with Crippen molar-refractivity contribution < 1.29 is 14.1 Å². The van der Waals surface area contributed by atoms with Gasteiger partial charge in [0.25, 0.3) is 0 Å². The Morgan fingerprint density at radius 2 is 2.41 bits per heavy atom. The summed E-state index contributed by atoms with van der Waals surface area (Å²) in [6, 6.07) is 3.10. The molecule has 1 aliphatic rings. The van der Waals surface area contributed by atoms with Crippen molar-refractivity contribution in [3.05, 3.63) is 28.0 Å². The molecular weight excluding hydrogens is 226 g/mol. The number of furan rings is 1. The van der Waals surface area contributed by atoms with Crippen LogP contribution < -0.4 is 10.6 Å². The van der Waals surface area contributed by atoms with Gasteiger partial charge in [-0.3, -0.25) is 14.9 Å². The fraction of sp³-hybridized carbons (Fsp3) is 0.500. The molecular formula is C10H13N3O4. The first-order valence-corrected chi connectivity index (χ1v) is 5.38. The number of hydrogen-bond acceptors (Lipinski definition) is 5. The van der Waals surface area contributed by atoms with Crippen molar-refractivity contribution in [3.63, 3.8) is 0 Å². The van der Waals surface area contributed by atoms with E-state index in [0.717, 1.165) is 6.42 Å². The van der Waals surface area contributed by atoms with Crippen LogP contribution in [0, 0.1) is 10.1 Å². The SMILES string of the molecule is O=C1CCC(NCc2ccc([N+](=O)[O-])o2)CN1. The van der Waals surface area contributed by atoms with E-state index < -0.39 is 4.92 Å². The number of hydrogen-bond donors (Lipinski definition) is 2. The van der Waals surface area contributed by atoms with Gasteiger partial charge in [0.2, 0.25) is 5.91 Å². The lowest BCUT2D eigenvalue weighted by molar-refractivity contribution is -0.402. The molecule has 2 N–H and O–H groups in total. The molecule has 0 radical (unpaired) electrons. The van der Waals surface area contributed by atoms with Crippen LogP contribution in [0.2, 0.25) is 0 Å². The summed E-state index contributed by atoms with van der Waals surface area (Å²) in [6.45, 7) is 1.01. The molecule has 0 bridgehead atoms. The van der Waals surface area contributed by atoms with E-state index in [4.69, 9.17) is 4.42 Å². The number of nitro groups is 1. The van der Waals surface area contributed by atoms with Crippen molar-refractivity contribution >= 4 is 11.8 Å². The summed E-state index contributed by atoms with van der Waals surface area (Å²) in [6.07, 6.45) is 1.28. The normalized spacial score (nSPS) is 20.0. The minimum Gasteiger partial charge on any atom is -0.404 e. The highest BCUT2D eigenvalue weighted by atomic mass is 16.6. The minimum atomic E-state index is -0.565. The van der Waals surface area contributed by atoms with E-state index >= 15 is 0 Å². The Morgan fingerprint density at radius 1 is 1.59 bits per heavy atom. The average Bonchev–Trinajstić information content (AvgIpc) is 2.77. The Morgan fingerprint density at radius 3 is 3.00 bits per heavy atom. The van der Waals surface area contributed by atoms with Crippen LogP contribution in [0.15, 0.2) is 16.5 Å².